The summed E-state index contributed by atoms with van der Waals surface area (Å²) in [5, 5.41) is 0.366. The summed E-state index contributed by atoms with van der Waals surface area (Å²) >= 11 is 5.70. The Kier molecular flexibility index (Phi) is 2.94. The maximum absolute atomic E-state index is 13.7. The number of carbonyl (C=O) groups is 1. The highest BCUT2D eigenvalue weighted by Crippen LogP contribution is 2.40. The highest BCUT2D eigenvalue weighted by Gasteiger charge is 2.49. The van der Waals surface area contributed by atoms with Crippen molar-refractivity contribution in [3.8, 4) is 0 Å². The number of hydrogen-bond donors (Lipinski definition) is 0. The van der Waals surface area contributed by atoms with E-state index in [2.05, 4.69) is 4.98 Å². The molecule has 0 saturated carbocycles. The lowest BCUT2D eigenvalue weighted by atomic mass is 10.1. The molecule has 0 atom stereocenters. The van der Waals surface area contributed by atoms with E-state index in [0.717, 1.165) is 11.6 Å². The van der Waals surface area contributed by atoms with Crippen molar-refractivity contribution in [1.82, 2.24) is 9.88 Å². The van der Waals surface area contributed by atoms with E-state index in [1.54, 1.807) is 29.4 Å². The molecular weight excluding hydrogens is 286 g/mol. The van der Waals surface area contributed by atoms with Gasteiger partial charge in [0.15, 0.2) is 0 Å². The molecule has 1 aliphatic carbocycles. The standard InChI is InChI=1S/C14H9ClF2N2O/c15-13-4-3-9(7-18-13)8-19-5-1-2-10-11(19)6-12(20)14(10,16)17/h1-7H,8H2. The topological polar surface area (TPSA) is 33.2 Å². The van der Waals surface area contributed by atoms with E-state index in [-0.39, 0.29) is 11.3 Å². The molecule has 0 N–H and O–H groups in total. The zero-order chi connectivity index (χ0) is 14.3. The van der Waals surface area contributed by atoms with E-state index in [0.29, 0.717) is 11.7 Å². The smallest absolute Gasteiger partial charge is 0.336 e. The van der Waals surface area contributed by atoms with Gasteiger partial charge in [-0.05, 0) is 23.8 Å². The Morgan fingerprint density at radius 3 is 2.85 bits per heavy atom. The number of nitrogens with zero attached hydrogens (tertiary/aromatic N) is 2. The van der Waals surface area contributed by atoms with Crippen molar-refractivity contribution in [2.45, 2.75) is 12.5 Å². The van der Waals surface area contributed by atoms with Gasteiger partial charge in [-0.15, -0.1) is 0 Å². The molecule has 20 heavy (non-hydrogen) atoms. The van der Waals surface area contributed by atoms with Crippen LogP contribution in [0.2, 0.25) is 5.15 Å². The zero-order valence-corrected chi connectivity index (χ0v) is 10.9. The third kappa shape index (κ3) is 2.04. The first-order valence-corrected chi connectivity index (χ1v) is 6.26. The van der Waals surface area contributed by atoms with Crippen LogP contribution in [0.3, 0.4) is 0 Å². The number of halogens is 3. The zero-order valence-electron chi connectivity index (χ0n) is 10.2. The molecule has 1 aromatic heterocycles. The molecule has 3 rings (SSSR count). The molecule has 1 aliphatic heterocycles. The van der Waals surface area contributed by atoms with Crippen molar-refractivity contribution in [1.29, 1.82) is 0 Å². The number of alkyl halides is 2. The van der Waals surface area contributed by atoms with Gasteiger partial charge in [0.1, 0.15) is 5.15 Å². The van der Waals surface area contributed by atoms with Gasteiger partial charge in [0, 0.05) is 25.0 Å². The summed E-state index contributed by atoms with van der Waals surface area (Å²) in [7, 11) is 0. The molecule has 2 heterocycles. The van der Waals surface area contributed by atoms with Gasteiger partial charge in [0.2, 0.25) is 5.78 Å². The van der Waals surface area contributed by atoms with Crippen molar-refractivity contribution in [3.63, 3.8) is 0 Å². The fourth-order valence-electron chi connectivity index (χ4n) is 2.17. The predicted molar refractivity (Wildman–Crippen MR) is 70.1 cm³/mol. The largest absolute Gasteiger partial charge is 0.343 e. The van der Waals surface area contributed by atoms with Crippen molar-refractivity contribution in [2.24, 2.45) is 0 Å². The third-order valence-electron chi connectivity index (χ3n) is 3.17. The second-order valence-electron chi connectivity index (χ2n) is 4.51. The lowest BCUT2D eigenvalue weighted by Crippen LogP contribution is -2.28. The lowest BCUT2D eigenvalue weighted by Gasteiger charge is -2.26. The minimum absolute atomic E-state index is 0.234. The quantitative estimate of drug-likeness (QED) is 0.786. The van der Waals surface area contributed by atoms with Gasteiger partial charge in [-0.25, -0.2) is 4.98 Å². The van der Waals surface area contributed by atoms with Crippen LogP contribution in [0.4, 0.5) is 8.78 Å². The van der Waals surface area contributed by atoms with Gasteiger partial charge in [0.25, 0.3) is 0 Å². The SMILES string of the molecule is O=C1C=C2C(=CC=CN2Cc2ccc(Cl)nc2)C1(F)F. The second kappa shape index (κ2) is 4.52. The van der Waals surface area contributed by atoms with Crippen LogP contribution in [0.25, 0.3) is 0 Å². The number of rotatable bonds is 2. The number of carbonyl (C=O) groups excluding carboxylic acids is 1. The minimum atomic E-state index is -3.43. The molecule has 0 bridgehead atoms. The fourth-order valence-corrected chi connectivity index (χ4v) is 2.28. The molecule has 0 unspecified atom stereocenters. The Morgan fingerprint density at radius 2 is 2.15 bits per heavy atom. The van der Waals surface area contributed by atoms with Crippen molar-refractivity contribution in [3.05, 3.63) is 64.7 Å². The molecule has 0 fully saturated rings. The molecule has 6 heteroatoms. The van der Waals surface area contributed by atoms with Crippen LogP contribution in [0.15, 0.2) is 54.0 Å². The fraction of sp³-hybridized carbons (Fsp3) is 0.143. The Labute approximate surface area is 118 Å². The Bertz CT molecular complexity index is 662. The number of ketones is 1. The molecule has 0 saturated heterocycles. The molecule has 3 nitrogen and oxygen atoms in total. The highest BCUT2D eigenvalue weighted by atomic mass is 35.5. The van der Waals surface area contributed by atoms with Crippen LogP contribution in [0.1, 0.15) is 5.56 Å². The van der Waals surface area contributed by atoms with Gasteiger partial charge in [-0.3, -0.25) is 4.79 Å². The van der Waals surface area contributed by atoms with Crippen molar-refractivity contribution < 1.29 is 13.6 Å². The van der Waals surface area contributed by atoms with Gasteiger partial charge in [-0.2, -0.15) is 8.78 Å². The summed E-state index contributed by atoms with van der Waals surface area (Å²) in [5.41, 5.74) is 0.785. The van der Waals surface area contributed by atoms with Crippen LogP contribution in [-0.2, 0) is 11.3 Å². The molecule has 0 amide bonds. The summed E-state index contributed by atoms with van der Waals surface area (Å²) < 4.78 is 27.4. The molecule has 0 aromatic carbocycles. The van der Waals surface area contributed by atoms with Crippen LogP contribution in [0.5, 0.6) is 0 Å². The van der Waals surface area contributed by atoms with Gasteiger partial charge in [-0.1, -0.05) is 17.7 Å². The maximum Gasteiger partial charge on any atom is 0.336 e. The molecule has 1 aromatic rings. The summed E-state index contributed by atoms with van der Waals surface area (Å²) in [5.74, 6) is -4.61. The summed E-state index contributed by atoms with van der Waals surface area (Å²) in [6.45, 7) is 0.340. The van der Waals surface area contributed by atoms with Crippen LogP contribution in [-0.4, -0.2) is 21.6 Å². The lowest BCUT2D eigenvalue weighted by molar-refractivity contribution is -0.131. The molecule has 0 spiro atoms. The number of aromatic nitrogens is 1. The van der Waals surface area contributed by atoms with E-state index >= 15 is 0 Å². The van der Waals surface area contributed by atoms with E-state index in [4.69, 9.17) is 11.6 Å². The Balaban J connectivity index is 1.88. The first kappa shape index (κ1) is 13.0. The number of hydrogen-bond acceptors (Lipinski definition) is 3. The number of pyridine rings is 1. The maximum atomic E-state index is 13.7. The minimum Gasteiger partial charge on any atom is -0.343 e. The van der Waals surface area contributed by atoms with Gasteiger partial charge < -0.3 is 4.90 Å². The van der Waals surface area contributed by atoms with Gasteiger partial charge in [0.05, 0.1) is 11.3 Å². The predicted octanol–water partition coefficient (Wildman–Crippen LogP) is 3.09. The Morgan fingerprint density at radius 1 is 1.35 bits per heavy atom. The average molecular weight is 295 g/mol. The first-order valence-electron chi connectivity index (χ1n) is 5.89. The summed E-state index contributed by atoms with van der Waals surface area (Å²) in [4.78, 5) is 16.9. The highest BCUT2D eigenvalue weighted by molar-refractivity contribution is 6.29. The van der Waals surface area contributed by atoms with Crippen molar-refractivity contribution in [2.75, 3.05) is 0 Å². The van der Waals surface area contributed by atoms with E-state index < -0.39 is 11.7 Å². The molecule has 0 radical (unpaired) electrons. The van der Waals surface area contributed by atoms with Crippen LogP contribution < -0.4 is 0 Å². The van der Waals surface area contributed by atoms with Crippen LogP contribution in [0, 0.1) is 0 Å². The first-order chi connectivity index (χ1) is 9.48. The van der Waals surface area contributed by atoms with Crippen molar-refractivity contribution >= 4 is 17.4 Å². The van der Waals surface area contributed by atoms with E-state index in [1.807, 2.05) is 0 Å². The average Bonchev–Trinajstić information content (AvgIpc) is 2.65. The van der Waals surface area contributed by atoms with E-state index in [1.165, 1.54) is 12.2 Å². The molecule has 2 aliphatic rings. The third-order valence-corrected chi connectivity index (χ3v) is 3.39. The number of fused-ring (bicyclic) bond motifs is 1. The van der Waals surface area contributed by atoms with Gasteiger partial charge >= 0.3 is 5.92 Å². The summed E-state index contributed by atoms with van der Waals surface area (Å²) in [6.07, 6.45) is 6.98. The second-order valence-corrected chi connectivity index (χ2v) is 4.89. The number of allylic oxidation sites excluding steroid dienone is 4. The normalized spacial score (nSPS) is 19.8. The molecular formula is C14H9ClF2N2O. The molecule has 102 valence electrons. The Hall–Kier alpha value is -2.01. The monoisotopic (exact) mass is 294 g/mol. The van der Waals surface area contributed by atoms with E-state index in [9.17, 15) is 13.6 Å². The summed E-state index contributed by atoms with van der Waals surface area (Å²) in [6, 6.07) is 3.39. The van der Waals surface area contributed by atoms with Crippen LogP contribution >= 0.6 is 11.6 Å².